The van der Waals surface area contributed by atoms with Crippen molar-refractivity contribution in [3.63, 3.8) is 0 Å². The van der Waals surface area contributed by atoms with Crippen LogP contribution in [-0.4, -0.2) is 42.7 Å². The molecule has 0 bridgehead atoms. The van der Waals surface area contributed by atoms with Crippen LogP contribution in [0.1, 0.15) is 18.1 Å². The molecule has 2 aromatic rings. The number of esters is 1. The first-order chi connectivity index (χ1) is 12.0. The molecular weight excluding hydrogens is 338 g/mol. The third kappa shape index (κ3) is 3.72. The van der Waals surface area contributed by atoms with Gasteiger partial charge < -0.3 is 9.64 Å². The number of amidine groups is 1. The molecule has 0 aliphatic carbocycles. The number of carbonyl (C=O) groups is 1. The zero-order valence-electron chi connectivity index (χ0n) is 14.2. The molecule has 1 unspecified atom stereocenters. The minimum atomic E-state index is -0.825. The fraction of sp³-hybridized carbons (Fsp3) is 0.211. The van der Waals surface area contributed by atoms with E-state index < -0.39 is 12.2 Å². The summed E-state index contributed by atoms with van der Waals surface area (Å²) in [6, 6.07) is 15.2. The number of hydrogen-bond donors (Lipinski definition) is 0. The molecule has 0 saturated carbocycles. The smallest absolute Gasteiger partial charge is 0.304 e. The van der Waals surface area contributed by atoms with Crippen LogP contribution < -0.4 is 0 Å². The van der Waals surface area contributed by atoms with Gasteiger partial charge in [0.1, 0.15) is 0 Å². The van der Waals surface area contributed by atoms with E-state index in [1.165, 1.54) is 6.92 Å². The fourth-order valence-corrected chi connectivity index (χ4v) is 2.77. The Morgan fingerprint density at radius 1 is 1.16 bits per heavy atom. The highest BCUT2D eigenvalue weighted by Crippen LogP contribution is 2.30. The van der Waals surface area contributed by atoms with Gasteiger partial charge in [-0.1, -0.05) is 41.9 Å². The summed E-state index contributed by atoms with van der Waals surface area (Å²) < 4.78 is 5.43. The minimum Gasteiger partial charge on any atom is -0.432 e. The predicted octanol–water partition coefficient (Wildman–Crippen LogP) is 3.67. The molecule has 2 aromatic carbocycles. The van der Waals surface area contributed by atoms with Crippen LogP contribution in [0, 0.1) is 0 Å². The molecule has 128 valence electrons. The first kappa shape index (κ1) is 17.2. The first-order valence-electron chi connectivity index (χ1n) is 7.82. The highest BCUT2D eigenvalue weighted by Gasteiger charge is 2.27. The number of likely N-dealkylation sites (N-methyl/N-ethyl adjacent to an activating group) is 1. The summed E-state index contributed by atoms with van der Waals surface area (Å²) in [7, 11) is 3.68. The molecule has 1 atom stereocenters. The van der Waals surface area contributed by atoms with Gasteiger partial charge in [-0.2, -0.15) is 0 Å². The molecule has 6 heteroatoms. The number of halogens is 1. The highest BCUT2D eigenvalue weighted by atomic mass is 35.5. The molecule has 25 heavy (non-hydrogen) atoms. The number of benzene rings is 2. The van der Waals surface area contributed by atoms with E-state index in [9.17, 15) is 4.79 Å². The van der Waals surface area contributed by atoms with E-state index in [0.717, 1.165) is 16.8 Å². The van der Waals surface area contributed by atoms with Gasteiger partial charge in [-0.3, -0.25) is 4.79 Å². The van der Waals surface area contributed by atoms with Crippen LogP contribution in [0.15, 0.2) is 58.5 Å². The quantitative estimate of drug-likeness (QED) is 0.772. The largest absolute Gasteiger partial charge is 0.432 e. The summed E-state index contributed by atoms with van der Waals surface area (Å²) in [6.45, 7) is 1.36. The lowest BCUT2D eigenvalue weighted by atomic mass is 10.0. The molecule has 0 N–H and O–H groups in total. The molecular formula is C19H18ClN3O2. The lowest BCUT2D eigenvalue weighted by Crippen LogP contribution is -2.35. The van der Waals surface area contributed by atoms with Gasteiger partial charge in [-0.25, -0.2) is 9.98 Å². The Morgan fingerprint density at radius 3 is 2.52 bits per heavy atom. The predicted molar refractivity (Wildman–Crippen MR) is 99.9 cm³/mol. The number of rotatable bonds is 2. The molecule has 0 spiro atoms. The summed E-state index contributed by atoms with van der Waals surface area (Å²) >= 11 is 6.20. The molecule has 3 rings (SSSR count). The van der Waals surface area contributed by atoms with E-state index >= 15 is 0 Å². The van der Waals surface area contributed by atoms with Gasteiger partial charge in [0.25, 0.3) is 6.23 Å². The van der Waals surface area contributed by atoms with E-state index in [2.05, 4.69) is 4.99 Å². The van der Waals surface area contributed by atoms with Crippen LogP contribution >= 0.6 is 11.6 Å². The van der Waals surface area contributed by atoms with E-state index in [0.29, 0.717) is 16.6 Å². The summed E-state index contributed by atoms with van der Waals surface area (Å²) in [4.78, 5) is 22.8. The van der Waals surface area contributed by atoms with Gasteiger partial charge in [0.05, 0.1) is 11.4 Å². The lowest BCUT2D eigenvalue weighted by Gasteiger charge is -2.21. The molecule has 0 saturated heterocycles. The SMILES string of the molecule is CC(=O)OC1N=C(c2ccccc2)c2cc(Cl)ccc2N=C1N(C)C. The first-order valence-corrected chi connectivity index (χ1v) is 8.20. The van der Waals surface area contributed by atoms with Crippen LogP contribution in [0.5, 0.6) is 0 Å². The van der Waals surface area contributed by atoms with E-state index in [-0.39, 0.29) is 0 Å². The van der Waals surface area contributed by atoms with Crippen molar-refractivity contribution in [2.75, 3.05) is 14.1 Å². The third-order valence-corrected chi connectivity index (χ3v) is 3.93. The van der Waals surface area contributed by atoms with Crippen molar-refractivity contribution >= 4 is 34.8 Å². The van der Waals surface area contributed by atoms with Crippen LogP contribution in [-0.2, 0) is 9.53 Å². The van der Waals surface area contributed by atoms with Gasteiger partial charge in [0.2, 0.25) is 0 Å². The van der Waals surface area contributed by atoms with Crippen molar-refractivity contribution in [3.05, 3.63) is 64.7 Å². The van der Waals surface area contributed by atoms with E-state index in [1.54, 1.807) is 11.0 Å². The topological polar surface area (TPSA) is 54.3 Å². The Labute approximate surface area is 151 Å². The summed E-state index contributed by atoms with van der Waals surface area (Å²) in [5.74, 6) is 0.129. The van der Waals surface area contributed by atoms with Gasteiger partial charge in [0, 0.05) is 37.2 Å². The standard InChI is InChI=1S/C19H18ClN3O2/c1-12(24)25-19-18(23(2)3)21-16-10-9-14(20)11-15(16)17(22-19)13-7-5-4-6-8-13/h4-11,19H,1-3H3. The van der Waals surface area contributed by atoms with Crippen molar-refractivity contribution in [1.29, 1.82) is 0 Å². The maximum Gasteiger partial charge on any atom is 0.304 e. The van der Waals surface area contributed by atoms with Crippen molar-refractivity contribution in [2.24, 2.45) is 9.98 Å². The fourth-order valence-electron chi connectivity index (χ4n) is 2.60. The third-order valence-electron chi connectivity index (χ3n) is 3.70. The number of fused-ring (bicyclic) bond motifs is 1. The van der Waals surface area contributed by atoms with Gasteiger partial charge in [-0.05, 0) is 18.2 Å². The Kier molecular flexibility index (Phi) is 4.86. The number of hydrogen-bond acceptors (Lipinski definition) is 5. The molecule has 1 aliphatic heterocycles. The van der Waals surface area contributed by atoms with Gasteiger partial charge >= 0.3 is 5.97 Å². The number of ether oxygens (including phenoxy) is 1. The van der Waals surface area contributed by atoms with Crippen molar-refractivity contribution in [1.82, 2.24) is 4.90 Å². The zero-order valence-corrected chi connectivity index (χ0v) is 15.0. The second kappa shape index (κ2) is 7.07. The summed E-state index contributed by atoms with van der Waals surface area (Å²) in [5, 5.41) is 0.593. The number of nitrogens with zero attached hydrogens (tertiary/aromatic N) is 3. The lowest BCUT2D eigenvalue weighted by molar-refractivity contribution is -0.143. The zero-order chi connectivity index (χ0) is 18.0. The van der Waals surface area contributed by atoms with Crippen molar-refractivity contribution < 1.29 is 9.53 Å². The average molecular weight is 356 g/mol. The van der Waals surface area contributed by atoms with Crippen LogP contribution in [0.4, 0.5) is 5.69 Å². The summed E-state index contributed by atoms with van der Waals surface area (Å²) in [6.07, 6.45) is -0.825. The highest BCUT2D eigenvalue weighted by molar-refractivity contribution is 6.31. The Hall–Kier alpha value is -2.66. The summed E-state index contributed by atoms with van der Waals surface area (Å²) in [5.41, 5.74) is 3.11. The van der Waals surface area contributed by atoms with Gasteiger partial charge in [-0.15, -0.1) is 0 Å². The monoisotopic (exact) mass is 355 g/mol. The van der Waals surface area contributed by atoms with Crippen molar-refractivity contribution in [3.8, 4) is 0 Å². The van der Waals surface area contributed by atoms with E-state index in [1.807, 2.05) is 56.6 Å². The average Bonchev–Trinajstić information content (AvgIpc) is 2.72. The van der Waals surface area contributed by atoms with Crippen molar-refractivity contribution in [2.45, 2.75) is 13.2 Å². The number of carbonyl (C=O) groups excluding carboxylic acids is 1. The second-order valence-corrected chi connectivity index (χ2v) is 6.27. The van der Waals surface area contributed by atoms with Crippen LogP contribution in [0.2, 0.25) is 5.02 Å². The normalized spacial score (nSPS) is 16.2. The maximum atomic E-state index is 11.6. The Morgan fingerprint density at radius 2 is 1.88 bits per heavy atom. The number of aliphatic imine (C=N–C) groups is 2. The Balaban J connectivity index is 2.25. The molecule has 0 fully saturated rings. The molecule has 0 aromatic heterocycles. The Bertz CT molecular complexity index is 860. The molecule has 0 radical (unpaired) electrons. The maximum absolute atomic E-state index is 11.6. The minimum absolute atomic E-state index is 0.417. The molecule has 1 heterocycles. The van der Waals surface area contributed by atoms with E-state index in [4.69, 9.17) is 21.3 Å². The van der Waals surface area contributed by atoms with Crippen LogP contribution in [0.3, 0.4) is 0 Å². The van der Waals surface area contributed by atoms with Gasteiger partial charge in [0.15, 0.2) is 5.84 Å². The second-order valence-electron chi connectivity index (χ2n) is 5.83. The molecule has 1 aliphatic rings. The van der Waals surface area contributed by atoms with Crippen LogP contribution in [0.25, 0.3) is 0 Å². The molecule has 0 amide bonds. The molecule has 5 nitrogen and oxygen atoms in total.